The molecule has 0 saturated carbocycles. The lowest BCUT2D eigenvalue weighted by Gasteiger charge is -2.26. The minimum atomic E-state index is -0.865. The van der Waals surface area contributed by atoms with E-state index >= 15 is 0 Å². The predicted molar refractivity (Wildman–Crippen MR) is 64.4 cm³/mol. The van der Waals surface area contributed by atoms with E-state index in [0.717, 1.165) is 19.6 Å². The zero-order valence-electron chi connectivity index (χ0n) is 10.2. The van der Waals surface area contributed by atoms with Crippen LogP contribution in [-0.2, 0) is 0 Å². The Morgan fingerprint density at radius 2 is 1.94 bits per heavy atom. The summed E-state index contributed by atoms with van der Waals surface area (Å²) in [5, 5.41) is 0. The van der Waals surface area contributed by atoms with E-state index < -0.39 is 11.6 Å². The number of ether oxygens (including phenoxy) is 1. The van der Waals surface area contributed by atoms with E-state index in [2.05, 4.69) is 9.88 Å². The van der Waals surface area contributed by atoms with Crippen LogP contribution in [0.5, 0.6) is 5.88 Å². The van der Waals surface area contributed by atoms with Crippen LogP contribution in [0.3, 0.4) is 0 Å². The fourth-order valence-corrected chi connectivity index (χ4v) is 2.02. The summed E-state index contributed by atoms with van der Waals surface area (Å²) in [7, 11) is 0. The minimum Gasteiger partial charge on any atom is -0.474 e. The molecule has 1 aliphatic rings. The summed E-state index contributed by atoms with van der Waals surface area (Å²) < 4.78 is 31.4. The smallest absolute Gasteiger partial charge is 0.252 e. The summed E-state index contributed by atoms with van der Waals surface area (Å²) in [4.78, 5) is 5.80. The van der Waals surface area contributed by atoms with Gasteiger partial charge in [0.2, 0.25) is 0 Å². The molecule has 1 aromatic heterocycles. The highest BCUT2D eigenvalue weighted by Gasteiger charge is 2.13. The van der Waals surface area contributed by atoms with Gasteiger partial charge in [-0.05, 0) is 25.9 Å². The Morgan fingerprint density at radius 1 is 1.22 bits per heavy atom. The van der Waals surface area contributed by atoms with Gasteiger partial charge in [-0.25, -0.2) is 8.78 Å². The summed E-state index contributed by atoms with van der Waals surface area (Å²) in [5.74, 6) is -2.26. The van der Waals surface area contributed by atoms with Crippen molar-refractivity contribution in [3.05, 3.63) is 17.7 Å². The van der Waals surface area contributed by atoms with Crippen LogP contribution in [0.25, 0.3) is 0 Å². The summed E-state index contributed by atoms with van der Waals surface area (Å²) in [6, 6.07) is 0.693. The molecular formula is C12H17F2N3O. The number of nitrogens with two attached hydrogens (primary N) is 1. The van der Waals surface area contributed by atoms with E-state index in [4.69, 9.17) is 10.5 Å². The molecule has 0 bridgehead atoms. The van der Waals surface area contributed by atoms with Gasteiger partial charge in [0.25, 0.3) is 5.88 Å². The lowest BCUT2D eigenvalue weighted by molar-refractivity contribution is 0.177. The highest BCUT2D eigenvalue weighted by atomic mass is 19.1. The summed E-state index contributed by atoms with van der Waals surface area (Å²) in [6.45, 7) is 3.14. The average molecular weight is 257 g/mol. The van der Waals surface area contributed by atoms with Crippen LogP contribution in [0, 0.1) is 11.6 Å². The number of halogens is 2. The molecule has 0 unspecified atom stereocenters. The molecule has 6 heteroatoms. The molecule has 0 spiro atoms. The zero-order chi connectivity index (χ0) is 13.0. The van der Waals surface area contributed by atoms with Crippen LogP contribution < -0.4 is 10.5 Å². The standard InChI is InChI=1S/C12H17F2N3O/c13-9-8-10(14)12(16-11(9)15)18-7-6-17-4-2-1-3-5-17/h8H,1-7H2,(H2,15,16). The van der Waals surface area contributed by atoms with Gasteiger partial charge in [-0.3, -0.25) is 4.90 Å². The van der Waals surface area contributed by atoms with E-state index in [0.29, 0.717) is 12.7 Å². The van der Waals surface area contributed by atoms with Crippen molar-refractivity contribution in [2.75, 3.05) is 32.0 Å². The van der Waals surface area contributed by atoms with E-state index in [9.17, 15) is 8.78 Å². The van der Waals surface area contributed by atoms with Crippen LogP contribution in [0.1, 0.15) is 19.3 Å². The molecule has 18 heavy (non-hydrogen) atoms. The summed E-state index contributed by atoms with van der Waals surface area (Å²) in [6.07, 6.45) is 3.65. The number of hydrogen-bond donors (Lipinski definition) is 1. The zero-order valence-corrected chi connectivity index (χ0v) is 10.2. The Bertz CT molecular complexity index is 409. The number of hydrogen-bond acceptors (Lipinski definition) is 4. The van der Waals surface area contributed by atoms with E-state index in [1.807, 2.05) is 0 Å². The highest BCUT2D eigenvalue weighted by molar-refractivity contribution is 5.34. The molecule has 2 heterocycles. The molecule has 2 N–H and O–H groups in total. The third-order valence-corrected chi connectivity index (χ3v) is 3.02. The molecule has 0 atom stereocenters. The van der Waals surface area contributed by atoms with Gasteiger partial charge in [-0.2, -0.15) is 4.98 Å². The van der Waals surface area contributed by atoms with E-state index in [1.165, 1.54) is 19.3 Å². The molecule has 0 radical (unpaired) electrons. The Morgan fingerprint density at radius 3 is 2.67 bits per heavy atom. The second-order valence-corrected chi connectivity index (χ2v) is 4.39. The quantitative estimate of drug-likeness (QED) is 0.893. The molecule has 1 saturated heterocycles. The maximum atomic E-state index is 13.3. The lowest BCUT2D eigenvalue weighted by Crippen LogP contribution is -2.33. The Balaban J connectivity index is 1.84. The molecule has 1 aromatic rings. The number of pyridine rings is 1. The molecular weight excluding hydrogens is 240 g/mol. The van der Waals surface area contributed by atoms with Crippen molar-refractivity contribution in [2.24, 2.45) is 0 Å². The second kappa shape index (κ2) is 5.95. The van der Waals surface area contributed by atoms with E-state index in [1.54, 1.807) is 0 Å². The van der Waals surface area contributed by atoms with E-state index in [-0.39, 0.29) is 11.7 Å². The first-order valence-corrected chi connectivity index (χ1v) is 6.13. The summed E-state index contributed by atoms with van der Waals surface area (Å²) >= 11 is 0. The van der Waals surface area contributed by atoms with Gasteiger partial charge in [-0.15, -0.1) is 0 Å². The van der Waals surface area contributed by atoms with Crippen molar-refractivity contribution >= 4 is 5.82 Å². The maximum absolute atomic E-state index is 13.3. The number of rotatable bonds is 4. The van der Waals surface area contributed by atoms with Crippen LogP contribution >= 0.6 is 0 Å². The topological polar surface area (TPSA) is 51.4 Å². The third-order valence-electron chi connectivity index (χ3n) is 3.02. The first kappa shape index (κ1) is 13.0. The van der Waals surface area contributed by atoms with Gasteiger partial charge < -0.3 is 10.5 Å². The number of piperidine rings is 1. The normalized spacial score (nSPS) is 16.8. The Hall–Kier alpha value is -1.43. The van der Waals surface area contributed by atoms with Crippen molar-refractivity contribution in [1.29, 1.82) is 0 Å². The Kier molecular flexibility index (Phi) is 4.30. The van der Waals surface area contributed by atoms with Gasteiger partial charge >= 0.3 is 0 Å². The van der Waals surface area contributed by atoms with Crippen molar-refractivity contribution in [3.63, 3.8) is 0 Å². The molecule has 100 valence electrons. The fraction of sp³-hybridized carbons (Fsp3) is 0.583. The number of anilines is 1. The maximum Gasteiger partial charge on any atom is 0.252 e. The largest absolute Gasteiger partial charge is 0.474 e. The van der Waals surface area contributed by atoms with Crippen molar-refractivity contribution in [1.82, 2.24) is 9.88 Å². The molecule has 1 fully saturated rings. The molecule has 0 amide bonds. The predicted octanol–water partition coefficient (Wildman–Crippen LogP) is 1.81. The van der Waals surface area contributed by atoms with Crippen molar-refractivity contribution in [2.45, 2.75) is 19.3 Å². The van der Waals surface area contributed by atoms with Gasteiger partial charge in [0.1, 0.15) is 6.61 Å². The van der Waals surface area contributed by atoms with Gasteiger partial charge in [0.05, 0.1) is 0 Å². The van der Waals surface area contributed by atoms with Crippen LogP contribution in [0.15, 0.2) is 6.07 Å². The van der Waals surface area contributed by atoms with Crippen LogP contribution in [-0.4, -0.2) is 36.1 Å². The number of likely N-dealkylation sites (tertiary alicyclic amines) is 1. The van der Waals surface area contributed by atoms with Gasteiger partial charge in [0, 0.05) is 12.6 Å². The summed E-state index contributed by atoms with van der Waals surface area (Å²) in [5.41, 5.74) is 5.26. The SMILES string of the molecule is Nc1nc(OCCN2CCCCC2)c(F)cc1F. The van der Waals surface area contributed by atoms with Crippen molar-refractivity contribution < 1.29 is 13.5 Å². The number of aromatic nitrogens is 1. The van der Waals surface area contributed by atoms with Crippen LogP contribution in [0.4, 0.5) is 14.6 Å². The molecule has 1 aliphatic heterocycles. The first-order chi connectivity index (χ1) is 8.66. The average Bonchev–Trinajstić information content (AvgIpc) is 2.37. The Labute approximate surface area is 105 Å². The fourth-order valence-electron chi connectivity index (χ4n) is 2.02. The van der Waals surface area contributed by atoms with Gasteiger partial charge in [0.15, 0.2) is 17.5 Å². The molecule has 0 aromatic carbocycles. The van der Waals surface area contributed by atoms with Gasteiger partial charge in [-0.1, -0.05) is 6.42 Å². The number of nitrogens with zero attached hydrogens (tertiary/aromatic N) is 2. The van der Waals surface area contributed by atoms with Crippen LogP contribution in [0.2, 0.25) is 0 Å². The molecule has 0 aliphatic carbocycles. The lowest BCUT2D eigenvalue weighted by atomic mass is 10.1. The number of nitrogen functional groups attached to an aromatic ring is 1. The van der Waals surface area contributed by atoms with Crippen molar-refractivity contribution in [3.8, 4) is 5.88 Å². The monoisotopic (exact) mass is 257 g/mol. The molecule has 2 rings (SSSR count). The molecule has 4 nitrogen and oxygen atoms in total. The first-order valence-electron chi connectivity index (χ1n) is 6.13. The third kappa shape index (κ3) is 3.29. The minimum absolute atomic E-state index is 0.231. The second-order valence-electron chi connectivity index (χ2n) is 4.39. The highest BCUT2D eigenvalue weighted by Crippen LogP contribution is 2.18.